The number of aryl methyl sites for hydroxylation is 2. The van der Waals surface area contributed by atoms with E-state index in [0.29, 0.717) is 24.5 Å². The molecule has 6 heteroatoms. The molecule has 2 aromatic rings. The van der Waals surface area contributed by atoms with Gasteiger partial charge in [0.2, 0.25) is 5.91 Å². The highest BCUT2D eigenvalue weighted by Gasteiger charge is 2.24. The lowest BCUT2D eigenvalue weighted by Crippen LogP contribution is -2.38. The molecule has 1 amide bonds. The molecule has 1 saturated heterocycles. The number of carbonyl (C=O) groups is 1. The molecule has 1 N–H and O–H groups in total. The average Bonchev–Trinajstić information content (AvgIpc) is 2.67. The van der Waals surface area contributed by atoms with E-state index >= 15 is 0 Å². The van der Waals surface area contributed by atoms with Crippen LogP contribution in [0.15, 0.2) is 29.4 Å². The van der Waals surface area contributed by atoms with Gasteiger partial charge in [-0.1, -0.05) is 23.9 Å². The Hall–Kier alpha value is -2.08. The Morgan fingerprint density at radius 3 is 2.30 bits per heavy atom. The van der Waals surface area contributed by atoms with Gasteiger partial charge in [-0.2, -0.15) is 0 Å². The first kappa shape index (κ1) is 19.7. The number of piperidine rings is 1. The first-order chi connectivity index (χ1) is 13.0. The van der Waals surface area contributed by atoms with Gasteiger partial charge in [0.1, 0.15) is 5.75 Å². The van der Waals surface area contributed by atoms with E-state index in [-0.39, 0.29) is 5.91 Å². The van der Waals surface area contributed by atoms with Crippen molar-refractivity contribution in [2.24, 2.45) is 0 Å². The molecule has 3 rings (SSSR count). The number of likely N-dealkylation sites (tertiary alicyclic amines) is 1. The third kappa shape index (κ3) is 4.80. The second-order valence-electron chi connectivity index (χ2n) is 7.11. The second kappa shape index (κ2) is 8.74. The summed E-state index contributed by atoms with van der Waals surface area (Å²) in [5.74, 6) is 0.977. The van der Waals surface area contributed by atoms with Gasteiger partial charge in [0.05, 0.1) is 0 Å². The van der Waals surface area contributed by atoms with Gasteiger partial charge in [-0.25, -0.2) is 9.97 Å². The van der Waals surface area contributed by atoms with Gasteiger partial charge >= 0.3 is 0 Å². The number of phenols is 1. The number of benzene rings is 1. The van der Waals surface area contributed by atoms with Gasteiger partial charge in [0.15, 0.2) is 5.16 Å². The van der Waals surface area contributed by atoms with Gasteiger partial charge in [-0.15, -0.1) is 0 Å². The molecule has 0 atom stereocenters. The van der Waals surface area contributed by atoms with Crippen LogP contribution in [0.3, 0.4) is 0 Å². The monoisotopic (exact) mass is 385 g/mol. The maximum atomic E-state index is 12.7. The number of rotatable bonds is 5. The van der Waals surface area contributed by atoms with Gasteiger partial charge in [-0.05, 0) is 68.5 Å². The van der Waals surface area contributed by atoms with Crippen LogP contribution < -0.4 is 0 Å². The molecule has 0 bridgehead atoms. The Kier molecular flexibility index (Phi) is 6.37. The zero-order chi connectivity index (χ0) is 19.4. The zero-order valence-corrected chi connectivity index (χ0v) is 17.1. The molecule has 27 heavy (non-hydrogen) atoms. The molecule has 0 aliphatic carbocycles. The summed E-state index contributed by atoms with van der Waals surface area (Å²) in [6.45, 7) is 5.59. The van der Waals surface area contributed by atoms with Crippen molar-refractivity contribution < 1.29 is 9.90 Å². The summed E-state index contributed by atoms with van der Waals surface area (Å²) < 4.78 is 0. The Labute approximate surface area is 165 Å². The number of amides is 1. The average molecular weight is 386 g/mol. The fourth-order valence-electron chi connectivity index (χ4n) is 3.76. The summed E-state index contributed by atoms with van der Waals surface area (Å²) in [6, 6.07) is 7.45. The van der Waals surface area contributed by atoms with E-state index in [0.717, 1.165) is 48.0 Å². The number of nitrogens with zero attached hydrogens (tertiary/aromatic N) is 3. The summed E-state index contributed by atoms with van der Waals surface area (Å²) in [5.41, 5.74) is 4.30. The standard InChI is InChI=1S/C21H27N3O2S/c1-14-19(15(2)23-21(22-14)27-3)8-9-20(26)24-12-10-17(11-13-24)16-4-6-18(25)7-5-16/h4-7,17,25H,8-13H2,1-3H3. The van der Waals surface area contributed by atoms with Crippen molar-refractivity contribution in [3.05, 3.63) is 46.8 Å². The van der Waals surface area contributed by atoms with E-state index in [1.165, 1.54) is 5.56 Å². The van der Waals surface area contributed by atoms with Crippen molar-refractivity contribution in [1.29, 1.82) is 0 Å². The minimum Gasteiger partial charge on any atom is -0.508 e. The summed E-state index contributed by atoms with van der Waals surface area (Å²) in [6.07, 6.45) is 5.12. The lowest BCUT2D eigenvalue weighted by Gasteiger charge is -2.32. The highest BCUT2D eigenvalue weighted by atomic mass is 32.2. The van der Waals surface area contributed by atoms with E-state index in [9.17, 15) is 9.90 Å². The van der Waals surface area contributed by atoms with E-state index in [4.69, 9.17) is 0 Å². The van der Waals surface area contributed by atoms with E-state index in [1.54, 1.807) is 23.9 Å². The fraction of sp³-hybridized carbons (Fsp3) is 0.476. The van der Waals surface area contributed by atoms with Crippen molar-refractivity contribution >= 4 is 17.7 Å². The lowest BCUT2D eigenvalue weighted by molar-refractivity contribution is -0.132. The van der Waals surface area contributed by atoms with E-state index in [2.05, 4.69) is 9.97 Å². The topological polar surface area (TPSA) is 66.3 Å². The zero-order valence-electron chi connectivity index (χ0n) is 16.2. The Morgan fingerprint density at radius 2 is 1.74 bits per heavy atom. The molecule has 144 valence electrons. The van der Waals surface area contributed by atoms with Gasteiger partial charge in [-0.3, -0.25) is 4.79 Å². The number of carbonyl (C=O) groups excluding carboxylic acids is 1. The van der Waals surface area contributed by atoms with Crippen molar-refractivity contribution in [2.45, 2.75) is 50.6 Å². The smallest absolute Gasteiger partial charge is 0.222 e. The predicted octanol–water partition coefficient (Wildman–Crippen LogP) is 3.86. The molecular formula is C21H27N3O2S. The predicted molar refractivity (Wildman–Crippen MR) is 108 cm³/mol. The molecule has 1 aromatic carbocycles. The quantitative estimate of drug-likeness (QED) is 0.625. The minimum absolute atomic E-state index is 0.215. The number of aromatic hydroxyl groups is 1. The Balaban J connectivity index is 1.53. The number of hydrogen-bond acceptors (Lipinski definition) is 5. The number of aromatic nitrogens is 2. The van der Waals surface area contributed by atoms with Gasteiger partial charge < -0.3 is 10.0 Å². The van der Waals surface area contributed by atoms with Crippen LogP contribution in [-0.2, 0) is 11.2 Å². The SMILES string of the molecule is CSc1nc(C)c(CCC(=O)N2CCC(c3ccc(O)cc3)CC2)c(C)n1. The van der Waals surface area contributed by atoms with Crippen LogP contribution in [-0.4, -0.2) is 45.2 Å². The molecule has 1 aliphatic heterocycles. The molecule has 0 unspecified atom stereocenters. The van der Waals surface area contributed by atoms with Crippen LogP contribution in [0.4, 0.5) is 0 Å². The maximum absolute atomic E-state index is 12.7. The van der Waals surface area contributed by atoms with Gasteiger partial charge in [0.25, 0.3) is 0 Å². The summed E-state index contributed by atoms with van der Waals surface area (Å²) in [4.78, 5) is 23.6. The van der Waals surface area contributed by atoms with Crippen molar-refractivity contribution in [3.63, 3.8) is 0 Å². The molecule has 0 saturated carbocycles. The van der Waals surface area contributed by atoms with Crippen LogP contribution in [0, 0.1) is 13.8 Å². The van der Waals surface area contributed by atoms with Gasteiger partial charge in [0, 0.05) is 30.9 Å². The summed E-state index contributed by atoms with van der Waals surface area (Å²) in [5, 5.41) is 10.2. The Bertz CT molecular complexity index is 777. The third-order valence-corrected chi connectivity index (χ3v) is 5.93. The second-order valence-corrected chi connectivity index (χ2v) is 7.88. The number of thioether (sulfide) groups is 1. The first-order valence-electron chi connectivity index (χ1n) is 9.42. The molecule has 1 fully saturated rings. The summed E-state index contributed by atoms with van der Waals surface area (Å²) in [7, 11) is 0. The highest BCUT2D eigenvalue weighted by molar-refractivity contribution is 7.98. The van der Waals surface area contributed by atoms with E-state index < -0.39 is 0 Å². The summed E-state index contributed by atoms with van der Waals surface area (Å²) >= 11 is 1.54. The molecule has 2 heterocycles. The number of phenolic OH excluding ortho intramolecular Hbond substituents is 1. The molecule has 1 aromatic heterocycles. The maximum Gasteiger partial charge on any atom is 0.222 e. The normalized spacial score (nSPS) is 15.1. The van der Waals surface area contributed by atoms with Crippen molar-refractivity contribution in [1.82, 2.24) is 14.9 Å². The molecular weight excluding hydrogens is 358 g/mol. The lowest BCUT2D eigenvalue weighted by atomic mass is 9.89. The molecule has 1 aliphatic rings. The van der Waals surface area contributed by atoms with Crippen molar-refractivity contribution in [2.75, 3.05) is 19.3 Å². The minimum atomic E-state index is 0.215. The third-order valence-electron chi connectivity index (χ3n) is 5.38. The Morgan fingerprint density at radius 1 is 1.15 bits per heavy atom. The highest BCUT2D eigenvalue weighted by Crippen LogP contribution is 2.29. The van der Waals surface area contributed by atoms with E-state index in [1.807, 2.05) is 37.1 Å². The van der Waals surface area contributed by atoms with Crippen molar-refractivity contribution in [3.8, 4) is 5.75 Å². The molecule has 5 nitrogen and oxygen atoms in total. The van der Waals surface area contributed by atoms with Crippen LogP contribution in [0.25, 0.3) is 0 Å². The van der Waals surface area contributed by atoms with Crippen LogP contribution in [0.5, 0.6) is 5.75 Å². The van der Waals surface area contributed by atoms with Crippen LogP contribution in [0.2, 0.25) is 0 Å². The number of hydrogen-bond donors (Lipinski definition) is 1. The fourth-order valence-corrected chi connectivity index (χ4v) is 4.22. The van der Waals surface area contributed by atoms with Crippen LogP contribution >= 0.6 is 11.8 Å². The van der Waals surface area contributed by atoms with Crippen LogP contribution in [0.1, 0.15) is 47.7 Å². The first-order valence-corrected chi connectivity index (χ1v) is 10.6. The largest absolute Gasteiger partial charge is 0.508 e. The molecule has 0 spiro atoms. The molecule has 0 radical (unpaired) electrons.